The first-order valence-corrected chi connectivity index (χ1v) is 10.4. The maximum absolute atomic E-state index is 13.5. The third kappa shape index (κ3) is 5.17. The molecule has 1 atom stereocenters. The lowest BCUT2D eigenvalue weighted by Crippen LogP contribution is -2.41. The van der Waals surface area contributed by atoms with Gasteiger partial charge in [-0.15, -0.1) is 0 Å². The van der Waals surface area contributed by atoms with Gasteiger partial charge in [-0.25, -0.2) is 4.79 Å². The molecule has 6 nitrogen and oxygen atoms in total. The summed E-state index contributed by atoms with van der Waals surface area (Å²) in [6, 6.07) is 12.4. The quantitative estimate of drug-likeness (QED) is 0.640. The van der Waals surface area contributed by atoms with Crippen LogP contribution in [-0.2, 0) is 20.8 Å². The molecule has 0 bridgehead atoms. The highest BCUT2D eigenvalue weighted by molar-refractivity contribution is 7.59. The molecule has 1 fully saturated rings. The highest BCUT2D eigenvalue weighted by atomic mass is 35.5. The fraction of sp³-hybridized carbons (Fsp3) is 0.391. The number of rotatable bonds is 3. The van der Waals surface area contributed by atoms with Crippen molar-refractivity contribution in [3.63, 3.8) is 0 Å². The molecule has 31 heavy (non-hydrogen) atoms. The van der Waals surface area contributed by atoms with Gasteiger partial charge in [0.2, 0.25) is 5.91 Å². The van der Waals surface area contributed by atoms with Crippen molar-refractivity contribution in [1.82, 2.24) is 4.90 Å². The Morgan fingerprint density at radius 3 is 2.61 bits per heavy atom. The molecule has 2 aromatic rings. The SMILES string of the molecule is COC(=O)c1ccc2c(c1)OC[C@H](c1cccc(Cl)c1)N(C(=O)C1CCOCC1)C2.S. The van der Waals surface area contributed by atoms with Gasteiger partial charge in [-0.3, -0.25) is 4.79 Å². The third-order valence-corrected chi connectivity index (χ3v) is 5.92. The van der Waals surface area contributed by atoms with Crippen LogP contribution in [0.4, 0.5) is 0 Å². The van der Waals surface area contributed by atoms with Crippen LogP contribution in [0.3, 0.4) is 0 Å². The summed E-state index contributed by atoms with van der Waals surface area (Å²) in [6.07, 6.45) is 1.43. The Balaban J connectivity index is 0.00000272. The van der Waals surface area contributed by atoms with Crippen molar-refractivity contribution in [3.8, 4) is 5.75 Å². The Kier molecular flexibility index (Phi) is 7.86. The maximum atomic E-state index is 13.5. The Hall–Kier alpha value is -2.22. The van der Waals surface area contributed by atoms with E-state index in [1.807, 2.05) is 35.2 Å². The first-order chi connectivity index (χ1) is 14.6. The second-order valence-electron chi connectivity index (χ2n) is 7.55. The van der Waals surface area contributed by atoms with Crippen molar-refractivity contribution < 1.29 is 23.8 Å². The van der Waals surface area contributed by atoms with Crippen molar-refractivity contribution in [3.05, 3.63) is 64.2 Å². The number of benzene rings is 2. The van der Waals surface area contributed by atoms with Gasteiger partial charge in [0, 0.05) is 29.7 Å². The van der Waals surface area contributed by atoms with Crippen molar-refractivity contribution in [1.29, 1.82) is 0 Å². The van der Waals surface area contributed by atoms with E-state index in [1.54, 1.807) is 12.1 Å². The van der Waals surface area contributed by atoms with Crippen molar-refractivity contribution >= 4 is 37.0 Å². The smallest absolute Gasteiger partial charge is 0.337 e. The average molecular weight is 464 g/mol. The average Bonchev–Trinajstić information content (AvgIpc) is 2.98. The first-order valence-electron chi connectivity index (χ1n) is 10.0. The summed E-state index contributed by atoms with van der Waals surface area (Å²) < 4.78 is 16.3. The number of nitrogens with zero attached hydrogens (tertiary/aromatic N) is 1. The fourth-order valence-corrected chi connectivity index (χ4v) is 4.22. The van der Waals surface area contributed by atoms with E-state index in [9.17, 15) is 9.59 Å². The predicted octanol–water partition coefficient (Wildman–Crippen LogP) is 4.13. The van der Waals surface area contributed by atoms with E-state index in [2.05, 4.69) is 0 Å². The largest absolute Gasteiger partial charge is 0.491 e. The molecule has 0 N–H and O–H groups in total. The molecule has 2 aliphatic rings. The lowest BCUT2D eigenvalue weighted by atomic mass is 9.96. The van der Waals surface area contributed by atoms with Crippen LogP contribution in [0, 0.1) is 5.92 Å². The summed E-state index contributed by atoms with van der Waals surface area (Å²) in [7, 11) is 1.35. The van der Waals surface area contributed by atoms with Crippen LogP contribution < -0.4 is 4.74 Å². The minimum atomic E-state index is -0.424. The van der Waals surface area contributed by atoms with E-state index < -0.39 is 5.97 Å². The maximum Gasteiger partial charge on any atom is 0.337 e. The highest BCUT2D eigenvalue weighted by Crippen LogP contribution is 2.35. The molecule has 8 heteroatoms. The van der Waals surface area contributed by atoms with Gasteiger partial charge in [-0.2, -0.15) is 13.5 Å². The Bertz CT molecular complexity index is 947. The highest BCUT2D eigenvalue weighted by Gasteiger charge is 2.34. The zero-order valence-electron chi connectivity index (χ0n) is 17.3. The van der Waals surface area contributed by atoms with E-state index in [1.165, 1.54) is 7.11 Å². The molecular formula is C23H26ClNO5S. The van der Waals surface area contributed by atoms with E-state index in [0.29, 0.717) is 48.9 Å². The fourth-order valence-electron chi connectivity index (χ4n) is 4.02. The number of carbonyl (C=O) groups excluding carboxylic acids is 2. The number of halogens is 1. The molecule has 1 amide bonds. The molecule has 0 radical (unpaired) electrons. The Morgan fingerprint density at radius 1 is 1.13 bits per heavy atom. The van der Waals surface area contributed by atoms with Crippen LogP contribution in [0.1, 0.15) is 40.4 Å². The van der Waals surface area contributed by atoms with Gasteiger partial charge in [0.1, 0.15) is 12.4 Å². The number of esters is 1. The van der Waals surface area contributed by atoms with Crippen molar-refractivity contribution in [2.75, 3.05) is 26.9 Å². The molecule has 2 heterocycles. The van der Waals surface area contributed by atoms with Crippen LogP contribution >= 0.6 is 25.1 Å². The van der Waals surface area contributed by atoms with Crippen LogP contribution in [-0.4, -0.2) is 43.7 Å². The lowest BCUT2D eigenvalue weighted by molar-refractivity contribution is -0.142. The van der Waals surface area contributed by atoms with Gasteiger partial charge in [0.05, 0.1) is 25.3 Å². The van der Waals surface area contributed by atoms with Crippen LogP contribution in [0.25, 0.3) is 0 Å². The Labute approximate surface area is 193 Å². The topological polar surface area (TPSA) is 65.1 Å². The summed E-state index contributed by atoms with van der Waals surface area (Å²) in [5.74, 6) is 0.187. The molecule has 0 aromatic heterocycles. The molecule has 166 valence electrons. The summed E-state index contributed by atoms with van der Waals surface area (Å²) in [4.78, 5) is 27.3. The predicted molar refractivity (Wildman–Crippen MR) is 122 cm³/mol. The zero-order chi connectivity index (χ0) is 21.1. The summed E-state index contributed by atoms with van der Waals surface area (Å²) in [5.41, 5.74) is 2.19. The molecule has 1 saturated heterocycles. The van der Waals surface area contributed by atoms with Gasteiger partial charge in [-0.1, -0.05) is 29.8 Å². The Morgan fingerprint density at radius 2 is 1.90 bits per heavy atom. The van der Waals surface area contributed by atoms with Gasteiger partial charge in [0.25, 0.3) is 0 Å². The zero-order valence-corrected chi connectivity index (χ0v) is 19.1. The third-order valence-electron chi connectivity index (χ3n) is 5.69. The number of hydrogen-bond donors (Lipinski definition) is 0. The molecule has 2 aliphatic heterocycles. The molecule has 4 rings (SSSR count). The molecular weight excluding hydrogens is 438 g/mol. The van der Waals surface area contributed by atoms with E-state index in [-0.39, 0.29) is 38.0 Å². The van der Waals surface area contributed by atoms with E-state index in [0.717, 1.165) is 11.1 Å². The number of amides is 1. The monoisotopic (exact) mass is 463 g/mol. The van der Waals surface area contributed by atoms with Crippen molar-refractivity contribution in [2.45, 2.75) is 25.4 Å². The summed E-state index contributed by atoms with van der Waals surface area (Å²) >= 11 is 6.23. The summed E-state index contributed by atoms with van der Waals surface area (Å²) in [5, 5.41) is 0.612. The van der Waals surface area contributed by atoms with E-state index >= 15 is 0 Å². The molecule has 0 spiro atoms. The normalized spacial score (nSPS) is 18.8. The van der Waals surface area contributed by atoms with E-state index in [4.69, 9.17) is 25.8 Å². The van der Waals surface area contributed by atoms with Crippen LogP contribution in [0.5, 0.6) is 5.75 Å². The van der Waals surface area contributed by atoms with Crippen molar-refractivity contribution in [2.24, 2.45) is 5.92 Å². The number of ether oxygens (including phenoxy) is 3. The molecule has 2 aromatic carbocycles. The second kappa shape index (κ2) is 10.4. The minimum Gasteiger partial charge on any atom is -0.491 e. The standard InChI is InChI=1S/C23H24ClNO5.H2S/c1-28-23(27)17-5-6-18-13-25(22(26)15-7-9-29-10-8-15)20(14-30-21(18)12-17)16-3-2-4-19(24)11-16;/h2-6,11-12,15,20H,7-10,13-14H2,1H3;1H2/t20-;/m1./s1. The van der Waals surface area contributed by atoms with Gasteiger partial charge >= 0.3 is 5.97 Å². The second-order valence-corrected chi connectivity index (χ2v) is 7.99. The van der Waals surface area contributed by atoms with Crippen LogP contribution in [0.2, 0.25) is 5.02 Å². The molecule has 0 aliphatic carbocycles. The van der Waals surface area contributed by atoms with Gasteiger partial charge in [-0.05, 0) is 42.7 Å². The van der Waals surface area contributed by atoms with Gasteiger partial charge in [0.15, 0.2) is 0 Å². The molecule has 0 unspecified atom stereocenters. The number of methoxy groups -OCH3 is 1. The lowest BCUT2D eigenvalue weighted by Gasteiger charge is -2.34. The van der Waals surface area contributed by atoms with Gasteiger partial charge < -0.3 is 19.1 Å². The first kappa shape index (κ1) is 23.4. The number of carbonyl (C=O) groups is 2. The number of hydrogen-bond acceptors (Lipinski definition) is 5. The number of fused-ring (bicyclic) bond motifs is 1. The van der Waals surface area contributed by atoms with Crippen LogP contribution in [0.15, 0.2) is 42.5 Å². The molecule has 0 saturated carbocycles. The summed E-state index contributed by atoms with van der Waals surface area (Å²) in [6.45, 7) is 1.86. The minimum absolute atomic E-state index is 0.